The molecule has 5 heteroatoms. The Labute approximate surface area is 115 Å². The molecule has 1 aliphatic carbocycles. The molecule has 19 heavy (non-hydrogen) atoms. The summed E-state index contributed by atoms with van der Waals surface area (Å²) >= 11 is 0. The fourth-order valence-electron chi connectivity index (χ4n) is 2.37. The van der Waals surface area contributed by atoms with Crippen molar-refractivity contribution in [2.75, 3.05) is 34.0 Å². The summed E-state index contributed by atoms with van der Waals surface area (Å²) in [5.41, 5.74) is 1.71. The Morgan fingerprint density at radius 3 is 2.79 bits per heavy atom. The van der Waals surface area contributed by atoms with Crippen molar-refractivity contribution in [3.05, 3.63) is 18.2 Å². The molecule has 2 rings (SSSR count). The number of methoxy groups -OCH3 is 2. The van der Waals surface area contributed by atoms with Gasteiger partial charge in [0, 0.05) is 46.7 Å². The van der Waals surface area contributed by atoms with E-state index in [0.29, 0.717) is 5.41 Å². The highest BCUT2D eigenvalue weighted by Gasteiger charge is 2.42. The topological polar surface area (TPSA) is 48.3 Å². The Morgan fingerprint density at radius 2 is 2.11 bits per heavy atom. The summed E-state index contributed by atoms with van der Waals surface area (Å²) in [6.45, 7) is 4.39. The first kappa shape index (κ1) is 14.5. The van der Waals surface area contributed by atoms with Crippen molar-refractivity contribution in [2.45, 2.75) is 32.4 Å². The number of hydrogen-bond donors (Lipinski definition) is 1. The summed E-state index contributed by atoms with van der Waals surface area (Å²) in [4.78, 5) is 4.27. The maximum Gasteiger partial charge on any atom is 0.0948 e. The van der Waals surface area contributed by atoms with Crippen LogP contribution in [-0.2, 0) is 22.6 Å². The molecule has 1 heterocycles. The van der Waals surface area contributed by atoms with Crippen LogP contribution >= 0.6 is 0 Å². The molecule has 108 valence electrons. The Hall–Kier alpha value is -0.910. The molecule has 0 unspecified atom stereocenters. The molecule has 0 bridgehead atoms. The van der Waals surface area contributed by atoms with E-state index < -0.39 is 0 Å². The van der Waals surface area contributed by atoms with Crippen LogP contribution in [0.5, 0.6) is 0 Å². The van der Waals surface area contributed by atoms with Gasteiger partial charge in [0.1, 0.15) is 0 Å². The second-order valence-corrected chi connectivity index (χ2v) is 5.43. The van der Waals surface area contributed by atoms with E-state index in [1.165, 1.54) is 18.5 Å². The Kier molecular flexibility index (Phi) is 5.36. The normalized spacial score (nSPS) is 16.7. The number of imidazole rings is 1. The van der Waals surface area contributed by atoms with E-state index in [-0.39, 0.29) is 0 Å². The summed E-state index contributed by atoms with van der Waals surface area (Å²) in [6, 6.07) is 0. The van der Waals surface area contributed by atoms with Gasteiger partial charge in [-0.1, -0.05) is 0 Å². The van der Waals surface area contributed by atoms with Gasteiger partial charge in [-0.15, -0.1) is 0 Å². The smallest absolute Gasteiger partial charge is 0.0948 e. The first-order chi connectivity index (χ1) is 9.29. The molecule has 0 atom stereocenters. The Balaban J connectivity index is 1.82. The number of nitrogens with zero attached hydrogens (tertiary/aromatic N) is 2. The van der Waals surface area contributed by atoms with Gasteiger partial charge in [-0.2, -0.15) is 0 Å². The monoisotopic (exact) mass is 267 g/mol. The minimum atomic E-state index is 0.456. The largest absolute Gasteiger partial charge is 0.385 e. The van der Waals surface area contributed by atoms with Gasteiger partial charge in [0.05, 0.1) is 18.6 Å². The zero-order valence-corrected chi connectivity index (χ0v) is 12.0. The van der Waals surface area contributed by atoms with Crippen LogP contribution in [0.1, 0.15) is 25.0 Å². The Morgan fingerprint density at radius 1 is 1.32 bits per heavy atom. The van der Waals surface area contributed by atoms with E-state index in [0.717, 1.165) is 39.3 Å². The lowest BCUT2D eigenvalue weighted by Gasteiger charge is -2.17. The van der Waals surface area contributed by atoms with Crippen molar-refractivity contribution in [3.8, 4) is 0 Å². The highest BCUT2D eigenvalue weighted by atomic mass is 16.5. The molecule has 1 aromatic heterocycles. The molecule has 0 radical (unpaired) electrons. The van der Waals surface area contributed by atoms with Crippen molar-refractivity contribution >= 4 is 0 Å². The van der Waals surface area contributed by atoms with Gasteiger partial charge < -0.3 is 19.4 Å². The van der Waals surface area contributed by atoms with E-state index in [4.69, 9.17) is 9.47 Å². The van der Waals surface area contributed by atoms with Crippen molar-refractivity contribution in [2.24, 2.45) is 5.41 Å². The first-order valence-corrected chi connectivity index (χ1v) is 6.97. The molecule has 1 aromatic rings. The van der Waals surface area contributed by atoms with E-state index >= 15 is 0 Å². The second-order valence-electron chi connectivity index (χ2n) is 5.43. The molecular formula is C14H25N3O2. The quantitative estimate of drug-likeness (QED) is 0.652. The van der Waals surface area contributed by atoms with Crippen LogP contribution < -0.4 is 5.32 Å². The van der Waals surface area contributed by atoms with Crippen molar-refractivity contribution < 1.29 is 9.47 Å². The number of nitrogens with one attached hydrogen (secondary N) is 1. The lowest BCUT2D eigenvalue weighted by molar-refractivity contribution is 0.166. The summed E-state index contributed by atoms with van der Waals surface area (Å²) < 4.78 is 12.5. The average Bonchev–Trinajstić information content (AvgIpc) is 3.05. The van der Waals surface area contributed by atoms with Crippen LogP contribution in [0.3, 0.4) is 0 Å². The zero-order valence-electron chi connectivity index (χ0n) is 12.0. The molecule has 1 aliphatic rings. The van der Waals surface area contributed by atoms with Crippen LogP contribution in [-0.4, -0.2) is 43.5 Å². The third kappa shape index (κ3) is 4.30. The van der Waals surface area contributed by atoms with Crippen LogP contribution in [0, 0.1) is 5.41 Å². The summed E-state index contributed by atoms with van der Waals surface area (Å²) in [7, 11) is 3.50. The highest BCUT2D eigenvalue weighted by molar-refractivity contribution is 5.02. The number of hydrogen-bond acceptors (Lipinski definition) is 4. The lowest BCUT2D eigenvalue weighted by Crippen LogP contribution is -2.22. The number of aromatic nitrogens is 2. The van der Waals surface area contributed by atoms with Crippen molar-refractivity contribution in [3.63, 3.8) is 0 Å². The van der Waals surface area contributed by atoms with Crippen LogP contribution in [0.25, 0.3) is 0 Å². The van der Waals surface area contributed by atoms with E-state index in [2.05, 4.69) is 14.9 Å². The van der Waals surface area contributed by atoms with Gasteiger partial charge in [-0.05, 0) is 24.7 Å². The van der Waals surface area contributed by atoms with E-state index in [1.54, 1.807) is 14.2 Å². The number of rotatable bonds is 10. The van der Waals surface area contributed by atoms with Gasteiger partial charge in [0.15, 0.2) is 0 Å². The third-order valence-electron chi connectivity index (χ3n) is 3.89. The standard InChI is InChI=1S/C14H25N3O2/c1-18-7-5-14(3-4-14)11-17-12-16-10-13(17)9-15-6-8-19-2/h10,12,15H,3-9,11H2,1-2H3. The highest BCUT2D eigenvalue weighted by Crippen LogP contribution is 2.50. The molecule has 0 aromatic carbocycles. The minimum Gasteiger partial charge on any atom is -0.385 e. The van der Waals surface area contributed by atoms with Crippen molar-refractivity contribution in [1.29, 1.82) is 0 Å². The molecule has 1 saturated carbocycles. The average molecular weight is 267 g/mol. The molecule has 0 saturated heterocycles. The molecule has 0 spiro atoms. The Bertz CT molecular complexity index is 375. The third-order valence-corrected chi connectivity index (χ3v) is 3.89. The molecule has 1 fully saturated rings. The first-order valence-electron chi connectivity index (χ1n) is 6.97. The maximum atomic E-state index is 5.21. The van der Waals surface area contributed by atoms with Crippen LogP contribution in [0.4, 0.5) is 0 Å². The molecule has 0 amide bonds. The summed E-state index contributed by atoms with van der Waals surface area (Å²) in [6.07, 6.45) is 7.67. The molecule has 1 N–H and O–H groups in total. The maximum absolute atomic E-state index is 5.21. The van der Waals surface area contributed by atoms with Gasteiger partial charge in [0.25, 0.3) is 0 Å². The minimum absolute atomic E-state index is 0.456. The van der Waals surface area contributed by atoms with Crippen LogP contribution in [0.2, 0.25) is 0 Å². The fraction of sp³-hybridized carbons (Fsp3) is 0.786. The van der Waals surface area contributed by atoms with Crippen molar-refractivity contribution in [1.82, 2.24) is 14.9 Å². The second kappa shape index (κ2) is 7.03. The van der Waals surface area contributed by atoms with Gasteiger partial charge in [-0.3, -0.25) is 0 Å². The van der Waals surface area contributed by atoms with E-state index in [1.807, 2.05) is 12.5 Å². The van der Waals surface area contributed by atoms with Gasteiger partial charge in [-0.25, -0.2) is 4.98 Å². The predicted molar refractivity (Wildman–Crippen MR) is 74.0 cm³/mol. The molecule has 0 aliphatic heterocycles. The van der Waals surface area contributed by atoms with E-state index in [9.17, 15) is 0 Å². The zero-order chi connectivity index (χ0) is 13.6. The summed E-state index contributed by atoms with van der Waals surface area (Å²) in [5, 5.41) is 3.37. The van der Waals surface area contributed by atoms with Gasteiger partial charge >= 0.3 is 0 Å². The molecular weight excluding hydrogens is 242 g/mol. The fourth-order valence-corrected chi connectivity index (χ4v) is 2.37. The lowest BCUT2D eigenvalue weighted by atomic mass is 10.0. The SMILES string of the molecule is COCCNCc1cncn1CC1(CCOC)CC1. The van der Waals surface area contributed by atoms with Crippen LogP contribution in [0.15, 0.2) is 12.5 Å². The predicted octanol–water partition coefficient (Wildman–Crippen LogP) is 1.44. The summed E-state index contributed by atoms with van der Waals surface area (Å²) in [5.74, 6) is 0. The molecule has 5 nitrogen and oxygen atoms in total. The van der Waals surface area contributed by atoms with Gasteiger partial charge in [0.2, 0.25) is 0 Å². The number of ether oxygens (including phenoxy) is 2.